The van der Waals surface area contributed by atoms with Crippen LogP contribution in [0.1, 0.15) is 23.7 Å². The Kier molecular flexibility index (Phi) is 4.61. The minimum atomic E-state index is -0.392. The van der Waals surface area contributed by atoms with E-state index >= 15 is 0 Å². The summed E-state index contributed by atoms with van der Waals surface area (Å²) in [6.07, 6.45) is 1.29. The lowest BCUT2D eigenvalue weighted by molar-refractivity contribution is 0.167. The molecule has 86 valence electrons. The maximum atomic E-state index is 10.1. The van der Waals surface area contributed by atoms with E-state index in [0.29, 0.717) is 0 Å². The molecule has 2 heterocycles. The monoisotopic (exact) mass is 380 g/mol. The van der Waals surface area contributed by atoms with Crippen molar-refractivity contribution in [2.45, 2.75) is 18.9 Å². The molecule has 1 unspecified atom stereocenters. The predicted molar refractivity (Wildman–Crippen MR) is 77.3 cm³/mol. The van der Waals surface area contributed by atoms with E-state index in [-0.39, 0.29) is 0 Å². The number of thiophene rings is 2. The molecular formula is C11H10Br2OS2. The van der Waals surface area contributed by atoms with E-state index in [1.165, 1.54) is 5.56 Å². The fraction of sp³-hybridized carbons (Fsp3) is 0.273. The summed E-state index contributed by atoms with van der Waals surface area (Å²) in [6, 6.07) is 4.09. The Hall–Kier alpha value is 0.320. The Bertz CT molecular complexity index is 451. The van der Waals surface area contributed by atoms with Crippen molar-refractivity contribution in [2.75, 3.05) is 0 Å². The summed E-state index contributed by atoms with van der Waals surface area (Å²) in [5, 5.41) is 14.3. The van der Waals surface area contributed by atoms with Crippen LogP contribution in [-0.2, 0) is 6.42 Å². The van der Waals surface area contributed by atoms with Crippen LogP contribution < -0.4 is 0 Å². The highest BCUT2D eigenvalue weighted by molar-refractivity contribution is 9.12. The Balaban J connectivity index is 1.98. The van der Waals surface area contributed by atoms with Crippen LogP contribution in [0.3, 0.4) is 0 Å². The van der Waals surface area contributed by atoms with E-state index in [2.05, 4.69) is 48.7 Å². The highest BCUT2D eigenvalue weighted by Crippen LogP contribution is 2.36. The van der Waals surface area contributed by atoms with Crippen molar-refractivity contribution in [3.05, 3.63) is 41.6 Å². The van der Waals surface area contributed by atoms with E-state index in [1.807, 2.05) is 6.07 Å². The van der Waals surface area contributed by atoms with Gasteiger partial charge in [0.25, 0.3) is 0 Å². The van der Waals surface area contributed by atoms with E-state index in [4.69, 9.17) is 0 Å². The molecule has 0 spiro atoms. The van der Waals surface area contributed by atoms with Crippen molar-refractivity contribution >= 4 is 54.5 Å². The van der Waals surface area contributed by atoms with Gasteiger partial charge in [-0.15, -0.1) is 11.3 Å². The quantitative estimate of drug-likeness (QED) is 0.789. The Morgan fingerprint density at radius 3 is 2.75 bits per heavy atom. The van der Waals surface area contributed by atoms with Crippen molar-refractivity contribution in [1.82, 2.24) is 0 Å². The summed E-state index contributed by atoms with van der Waals surface area (Å²) in [6.45, 7) is 0. The van der Waals surface area contributed by atoms with Crippen LogP contribution in [0.5, 0.6) is 0 Å². The standard InChI is InChI=1S/C11H10Br2OS2/c12-10-5-8(11(13)16-10)9(14)2-1-7-3-4-15-6-7/h3-6,9,14H,1-2H2. The number of halogens is 2. The highest BCUT2D eigenvalue weighted by Gasteiger charge is 2.14. The van der Waals surface area contributed by atoms with Gasteiger partial charge in [0.15, 0.2) is 0 Å². The first-order chi connectivity index (χ1) is 7.66. The molecule has 1 nitrogen and oxygen atoms in total. The van der Waals surface area contributed by atoms with Crippen molar-refractivity contribution in [3.63, 3.8) is 0 Å². The summed E-state index contributed by atoms with van der Waals surface area (Å²) in [5.74, 6) is 0. The first kappa shape index (κ1) is 12.8. The second kappa shape index (κ2) is 5.78. The topological polar surface area (TPSA) is 20.2 Å². The van der Waals surface area contributed by atoms with E-state index < -0.39 is 6.10 Å². The Morgan fingerprint density at radius 2 is 2.19 bits per heavy atom. The average Bonchev–Trinajstić information content (AvgIpc) is 2.84. The van der Waals surface area contributed by atoms with Crippen molar-refractivity contribution in [2.24, 2.45) is 0 Å². The third-order valence-electron chi connectivity index (χ3n) is 2.33. The molecule has 5 heteroatoms. The van der Waals surface area contributed by atoms with Crippen LogP contribution >= 0.6 is 54.5 Å². The van der Waals surface area contributed by atoms with Gasteiger partial charge in [-0.25, -0.2) is 0 Å². The fourth-order valence-corrected chi connectivity index (χ4v) is 5.13. The van der Waals surface area contributed by atoms with Crippen molar-refractivity contribution in [3.8, 4) is 0 Å². The molecule has 0 aromatic carbocycles. The van der Waals surface area contributed by atoms with E-state index in [1.54, 1.807) is 22.7 Å². The zero-order valence-electron chi connectivity index (χ0n) is 8.32. The summed E-state index contributed by atoms with van der Waals surface area (Å²) in [7, 11) is 0. The normalized spacial score (nSPS) is 12.9. The minimum absolute atomic E-state index is 0.392. The van der Waals surface area contributed by atoms with Gasteiger partial charge in [0.1, 0.15) is 0 Å². The molecular weight excluding hydrogens is 372 g/mol. The number of hydrogen-bond acceptors (Lipinski definition) is 3. The molecule has 0 amide bonds. The van der Waals surface area contributed by atoms with Crippen LogP contribution in [0.15, 0.2) is 30.5 Å². The molecule has 0 saturated heterocycles. The molecule has 1 N–H and O–H groups in total. The third kappa shape index (κ3) is 3.17. The van der Waals surface area contributed by atoms with Gasteiger partial charge in [-0.2, -0.15) is 11.3 Å². The summed E-state index contributed by atoms with van der Waals surface area (Å²) in [4.78, 5) is 0. The van der Waals surface area contributed by atoms with Gasteiger partial charge in [-0.3, -0.25) is 0 Å². The van der Waals surface area contributed by atoms with E-state index in [0.717, 1.165) is 26.0 Å². The largest absolute Gasteiger partial charge is 0.388 e. The third-order valence-corrected chi connectivity index (χ3v) is 5.45. The number of rotatable bonds is 4. The first-order valence-electron chi connectivity index (χ1n) is 4.80. The van der Waals surface area contributed by atoms with Gasteiger partial charge in [-0.1, -0.05) is 0 Å². The second-order valence-electron chi connectivity index (χ2n) is 3.47. The molecule has 0 aliphatic carbocycles. The SMILES string of the molecule is OC(CCc1ccsc1)c1cc(Br)sc1Br. The molecule has 0 fully saturated rings. The van der Waals surface area contributed by atoms with Gasteiger partial charge in [0.2, 0.25) is 0 Å². The molecule has 0 bridgehead atoms. The molecule has 0 aliphatic rings. The predicted octanol–water partition coefficient (Wildman–Crippen LogP) is 5.00. The van der Waals surface area contributed by atoms with Crippen LogP contribution in [0.25, 0.3) is 0 Å². The maximum absolute atomic E-state index is 10.1. The number of aliphatic hydroxyl groups excluding tert-OH is 1. The van der Waals surface area contributed by atoms with Crippen molar-refractivity contribution < 1.29 is 5.11 Å². The van der Waals surface area contributed by atoms with Gasteiger partial charge in [0.05, 0.1) is 13.7 Å². The lowest BCUT2D eigenvalue weighted by Gasteiger charge is -2.08. The Labute approximate surface area is 119 Å². The Morgan fingerprint density at radius 1 is 1.38 bits per heavy atom. The van der Waals surface area contributed by atoms with Crippen molar-refractivity contribution in [1.29, 1.82) is 0 Å². The first-order valence-corrected chi connectivity index (χ1v) is 8.15. The smallest absolute Gasteiger partial charge is 0.0812 e. The number of aliphatic hydroxyl groups is 1. The molecule has 2 aromatic heterocycles. The summed E-state index contributed by atoms with van der Waals surface area (Å²) < 4.78 is 2.06. The molecule has 1 atom stereocenters. The maximum Gasteiger partial charge on any atom is 0.0812 e. The molecule has 16 heavy (non-hydrogen) atoms. The fourth-order valence-electron chi connectivity index (χ4n) is 1.47. The highest BCUT2D eigenvalue weighted by atomic mass is 79.9. The zero-order valence-corrected chi connectivity index (χ0v) is 13.1. The van der Waals surface area contributed by atoms with Crippen LogP contribution in [-0.4, -0.2) is 5.11 Å². The number of hydrogen-bond donors (Lipinski definition) is 1. The molecule has 0 aliphatic heterocycles. The van der Waals surface area contributed by atoms with E-state index in [9.17, 15) is 5.11 Å². The number of aryl methyl sites for hydroxylation is 1. The van der Waals surface area contributed by atoms with Gasteiger partial charge in [-0.05, 0) is 73.2 Å². The second-order valence-corrected chi connectivity index (χ2v) is 7.99. The lowest BCUT2D eigenvalue weighted by Crippen LogP contribution is -1.98. The molecule has 0 saturated carbocycles. The molecule has 2 aromatic rings. The minimum Gasteiger partial charge on any atom is -0.388 e. The van der Waals surface area contributed by atoms with Crippen LogP contribution in [0.2, 0.25) is 0 Å². The van der Waals surface area contributed by atoms with Crippen LogP contribution in [0, 0.1) is 0 Å². The zero-order chi connectivity index (χ0) is 11.5. The molecule has 2 rings (SSSR count). The van der Waals surface area contributed by atoms with Gasteiger partial charge < -0.3 is 5.11 Å². The summed E-state index contributed by atoms with van der Waals surface area (Å²) >= 11 is 10.2. The van der Waals surface area contributed by atoms with Gasteiger partial charge >= 0.3 is 0 Å². The van der Waals surface area contributed by atoms with Gasteiger partial charge in [0, 0.05) is 5.56 Å². The summed E-state index contributed by atoms with van der Waals surface area (Å²) in [5.41, 5.74) is 2.28. The lowest BCUT2D eigenvalue weighted by atomic mass is 10.1. The van der Waals surface area contributed by atoms with Crippen LogP contribution in [0.4, 0.5) is 0 Å². The molecule has 0 radical (unpaired) electrons. The average molecular weight is 382 g/mol.